The third-order valence-corrected chi connectivity index (χ3v) is 5.50. The van der Waals surface area contributed by atoms with E-state index in [0.717, 1.165) is 11.4 Å². The number of carbonyl (C=O) groups is 2. The standard InChI is InChI=1S/C21H27N7O2/c1-14(15-8-6-5-7-9-15)28-13-22-18(24-28)19(29)23-16-10-11-27-17(26(4)20(16)30)12-21(2,3)25-27/h5-9,12-14,16,25H,10-11H2,1-4H3,(H,23,29)/t14?,16-/m0/s1. The molecule has 1 fully saturated rings. The highest BCUT2D eigenvalue weighted by molar-refractivity contribution is 5.95. The molecule has 2 aliphatic rings. The Morgan fingerprint density at radius 3 is 2.77 bits per heavy atom. The summed E-state index contributed by atoms with van der Waals surface area (Å²) in [5, 5.41) is 9.09. The highest BCUT2D eigenvalue weighted by Gasteiger charge is 2.38. The van der Waals surface area contributed by atoms with Gasteiger partial charge in [0.25, 0.3) is 11.8 Å². The molecule has 2 atom stereocenters. The van der Waals surface area contributed by atoms with E-state index in [2.05, 4.69) is 20.8 Å². The van der Waals surface area contributed by atoms with Gasteiger partial charge in [-0.15, -0.1) is 5.10 Å². The minimum absolute atomic E-state index is 0.0523. The second-order valence-electron chi connectivity index (χ2n) is 8.33. The summed E-state index contributed by atoms with van der Waals surface area (Å²) in [6.07, 6.45) is 4.04. The van der Waals surface area contributed by atoms with Crippen molar-refractivity contribution in [1.82, 2.24) is 35.4 Å². The van der Waals surface area contributed by atoms with E-state index in [4.69, 9.17) is 0 Å². The van der Waals surface area contributed by atoms with Crippen LogP contribution in [0, 0.1) is 0 Å². The van der Waals surface area contributed by atoms with Gasteiger partial charge in [-0.2, -0.15) is 0 Å². The SMILES string of the molecule is CC(c1ccccc1)n1cnc(C(=O)N[C@H]2CCN3NC(C)(C)C=C3N(C)C2=O)n1. The van der Waals surface area contributed by atoms with Crippen LogP contribution in [0.5, 0.6) is 0 Å². The van der Waals surface area contributed by atoms with Crippen molar-refractivity contribution in [2.75, 3.05) is 13.6 Å². The van der Waals surface area contributed by atoms with Crippen LogP contribution >= 0.6 is 0 Å². The minimum Gasteiger partial charge on any atom is -0.337 e. The summed E-state index contributed by atoms with van der Waals surface area (Å²) >= 11 is 0. The van der Waals surface area contributed by atoms with Crippen molar-refractivity contribution in [3.05, 3.63) is 59.9 Å². The molecule has 2 amide bonds. The highest BCUT2D eigenvalue weighted by Crippen LogP contribution is 2.26. The Morgan fingerprint density at radius 1 is 1.30 bits per heavy atom. The smallest absolute Gasteiger partial charge is 0.291 e. The van der Waals surface area contributed by atoms with Gasteiger partial charge in [0.2, 0.25) is 5.82 Å². The molecule has 30 heavy (non-hydrogen) atoms. The van der Waals surface area contributed by atoms with Crippen molar-refractivity contribution in [3.8, 4) is 0 Å². The molecule has 4 rings (SSSR count). The number of carbonyl (C=O) groups excluding carboxylic acids is 2. The van der Waals surface area contributed by atoms with Crippen LogP contribution in [-0.4, -0.2) is 61.7 Å². The molecule has 0 radical (unpaired) electrons. The third-order valence-electron chi connectivity index (χ3n) is 5.50. The number of likely N-dealkylation sites (N-methyl/N-ethyl adjacent to an activating group) is 1. The predicted molar refractivity (Wildman–Crippen MR) is 111 cm³/mol. The monoisotopic (exact) mass is 409 g/mol. The first-order valence-electron chi connectivity index (χ1n) is 10.1. The lowest BCUT2D eigenvalue weighted by Gasteiger charge is -2.26. The fraction of sp³-hybridized carbons (Fsp3) is 0.429. The van der Waals surface area contributed by atoms with E-state index in [9.17, 15) is 9.59 Å². The largest absolute Gasteiger partial charge is 0.337 e. The minimum atomic E-state index is -0.641. The van der Waals surface area contributed by atoms with Crippen LogP contribution < -0.4 is 10.7 Å². The maximum Gasteiger partial charge on any atom is 0.291 e. The van der Waals surface area contributed by atoms with E-state index in [-0.39, 0.29) is 23.3 Å². The Labute approximate surface area is 175 Å². The molecular weight excluding hydrogens is 382 g/mol. The lowest BCUT2D eigenvalue weighted by atomic mass is 10.1. The summed E-state index contributed by atoms with van der Waals surface area (Å²) in [6, 6.07) is 9.18. The Balaban J connectivity index is 1.46. The zero-order valence-electron chi connectivity index (χ0n) is 17.7. The molecule has 0 spiro atoms. The van der Waals surface area contributed by atoms with Crippen LogP contribution in [0.15, 0.2) is 48.6 Å². The average Bonchev–Trinajstić information content (AvgIpc) is 3.32. The molecule has 3 heterocycles. The summed E-state index contributed by atoms with van der Waals surface area (Å²) in [5.41, 5.74) is 4.22. The molecule has 2 N–H and O–H groups in total. The summed E-state index contributed by atoms with van der Waals surface area (Å²) in [5.74, 6) is 0.246. The van der Waals surface area contributed by atoms with Crippen LogP contribution in [0.1, 0.15) is 49.4 Å². The lowest BCUT2D eigenvalue weighted by Crippen LogP contribution is -2.46. The number of nitrogens with one attached hydrogen (secondary N) is 2. The van der Waals surface area contributed by atoms with Crippen LogP contribution in [-0.2, 0) is 4.79 Å². The van der Waals surface area contributed by atoms with Gasteiger partial charge in [-0.1, -0.05) is 30.3 Å². The maximum absolute atomic E-state index is 12.9. The molecule has 0 aliphatic carbocycles. The summed E-state index contributed by atoms with van der Waals surface area (Å²) < 4.78 is 1.65. The molecule has 0 saturated carbocycles. The number of nitrogens with zero attached hydrogens (tertiary/aromatic N) is 5. The van der Waals surface area contributed by atoms with Gasteiger partial charge in [-0.3, -0.25) is 19.5 Å². The number of benzene rings is 1. The number of hydrogen-bond donors (Lipinski definition) is 2. The molecule has 1 aromatic heterocycles. The highest BCUT2D eigenvalue weighted by atomic mass is 16.2. The van der Waals surface area contributed by atoms with Crippen molar-refractivity contribution in [1.29, 1.82) is 0 Å². The lowest BCUT2D eigenvalue weighted by molar-refractivity contribution is -0.130. The van der Waals surface area contributed by atoms with Gasteiger partial charge >= 0.3 is 0 Å². The van der Waals surface area contributed by atoms with Gasteiger partial charge in [-0.25, -0.2) is 15.1 Å². The normalized spacial score (nSPS) is 21.7. The Hall–Kier alpha value is -3.20. The number of rotatable bonds is 4. The van der Waals surface area contributed by atoms with E-state index in [1.807, 2.05) is 62.2 Å². The van der Waals surface area contributed by atoms with Crippen molar-refractivity contribution in [2.45, 2.75) is 44.8 Å². The van der Waals surface area contributed by atoms with Crippen LogP contribution in [0.4, 0.5) is 0 Å². The number of aromatic nitrogens is 3. The first-order valence-corrected chi connectivity index (χ1v) is 10.1. The molecule has 1 unspecified atom stereocenters. The summed E-state index contributed by atoms with van der Waals surface area (Å²) in [4.78, 5) is 31.4. The third kappa shape index (κ3) is 3.80. The van der Waals surface area contributed by atoms with E-state index in [1.165, 1.54) is 0 Å². The first kappa shape index (κ1) is 20.1. The Bertz CT molecular complexity index is 982. The quantitative estimate of drug-likeness (QED) is 0.790. The Morgan fingerprint density at radius 2 is 2.03 bits per heavy atom. The van der Waals surface area contributed by atoms with Crippen LogP contribution in [0.3, 0.4) is 0 Å². The van der Waals surface area contributed by atoms with Gasteiger partial charge in [0, 0.05) is 13.6 Å². The van der Waals surface area contributed by atoms with Gasteiger partial charge in [0.05, 0.1) is 11.6 Å². The maximum atomic E-state index is 12.9. The molecule has 1 saturated heterocycles. The first-order chi connectivity index (χ1) is 14.2. The van der Waals surface area contributed by atoms with Gasteiger partial charge in [-0.05, 0) is 38.8 Å². The zero-order chi connectivity index (χ0) is 21.5. The average molecular weight is 409 g/mol. The molecular formula is C21H27N7O2. The molecule has 2 aromatic rings. The van der Waals surface area contributed by atoms with E-state index in [0.29, 0.717) is 13.0 Å². The molecule has 9 heteroatoms. The van der Waals surface area contributed by atoms with Crippen molar-refractivity contribution < 1.29 is 9.59 Å². The van der Waals surface area contributed by atoms with Crippen molar-refractivity contribution in [3.63, 3.8) is 0 Å². The second-order valence-corrected chi connectivity index (χ2v) is 8.33. The van der Waals surface area contributed by atoms with Gasteiger partial charge < -0.3 is 5.32 Å². The van der Waals surface area contributed by atoms with Crippen LogP contribution in [0.25, 0.3) is 0 Å². The number of fused-ring (bicyclic) bond motifs is 1. The van der Waals surface area contributed by atoms with Crippen molar-refractivity contribution in [2.24, 2.45) is 0 Å². The molecule has 0 bridgehead atoms. The molecule has 2 aliphatic heterocycles. The van der Waals surface area contributed by atoms with Gasteiger partial charge in [0.1, 0.15) is 18.2 Å². The number of amides is 2. The topological polar surface area (TPSA) is 95.4 Å². The second kappa shape index (κ2) is 7.56. The summed E-state index contributed by atoms with van der Waals surface area (Å²) in [7, 11) is 1.73. The van der Waals surface area contributed by atoms with Gasteiger partial charge in [0.15, 0.2) is 0 Å². The predicted octanol–water partition coefficient (Wildman–Crippen LogP) is 1.29. The van der Waals surface area contributed by atoms with Crippen molar-refractivity contribution >= 4 is 11.8 Å². The number of hydrazine groups is 1. The van der Waals surface area contributed by atoms with E-state index in [1.54, 1.807) is 23.0 Å². The van der Waals surface area contributed by atoms with E-state index < -0.39 is 11.9 Å². The van der Waals surface area contributed by atoms with Crippen LogP contribution in [0.2, 0.25) is 0 Å². The molecule has 1 aromatic carbocycles. The molecule has 158 valence electrons. The Kier molecular flexibility index (Phi) is 5.07. The zero-order valence-corrected chi connectivity index (χ0v) is 17.7. The molecule has 9 nitrogen and oxygen atoms in total. The summed E-state index contributed by atoms with van der Waals surface area (Å²) in [6.45, 7) is 6.68. The number of hydrogen-bond acceptors (Lipinski definition) is 6. The van der Waals surface area contributed by atoms with E-state index >= 15 is 0 Å². The fourth-order valence-corrected chi connectivity index (χ4v) is 3.82. The fourth-order valence-electron chi connectivity index (χ4n) is 3.82.